The average Bonchev–Trinajstić information content (AvgIpc) is 3.35. The van der Waals surface area contributed by atoms with E-state index in [0.717, 1.165) is 6.08 Å². The van der Waals surface area contributed by atoms with Gasteiger partial charge in [-0.25, -0.2) is 9.59 Å². The van der Waals surface area contributed by atoms with Gasteiger partial charge in [0.25, 0.3) is 0 Å². The summed E-state index contributed by atoms with van der Waals surface area (Å²) in [6.45, 7) is 0. The zero-order valence-corrected chi connectivity index (χ0v) is 12.8. The highest BCUT2D eigenvalue weighted by molar-refractivity contribution is 5.87. The van der Waals surface area contributed by atoms with E-state index in [1.807, 2.05) is 0 Å². The molecule has 134 valence electrons. The van der Waals surface area contributed by atoms with Crippen molar-refractivity contribution in [2.24, 2.45) is 0 Å². The molecule has 1 heterocycles. The number of carbonyl (C=O) groups is 2. The summed E-state index contributed by atoms with van der Waals surface area (Å²) in [5, 5.41) is 47.8. The molecule has 9 heteroatoms. The molecule has 5 atom stereocenters. The molecule has 1 aliphatic heterocycles. The Balaban J connectivity index is 1.66. The maximum absolute atomic E-state index is 11.9. The summed E-state index contributed by atoms with van der Waals surface area (Å²) in [7, 11) is 0. The van der Waals surface area contributed by atoms with E-state index in [1.165, 1.54) is 24.3 Å². The van der Waals surface area contributed by atoms with Crippen molar-refractivity contribution in [3.05, 3.63) is 29.8 Å². The second-order valence-corrected chi connectivity index (χ2v) is 6.00. The molecule has 5 unspecified atom stereocenters. The van der Waals surface area contributed by atoms with Crippen LogP contribution in [0.15, 0.2) is 24.3 Å². The lowest BCUT2D eigenvalue weighted by Gasteiger charge is -2.32. The molecular weight excluding hydrogens is 336 g/mol. The van der Waals surface area contributed by atoms with Crippen LogP contribution in [0.3, 0.4) is 0 Å². The minimum atomic E-state index is -2.22. The van der Waals surface area contributed by atoms with Crippen LogP contribution in [-0.2, 0) is 19.1 Å². The lowest BCUT2D eigenvalue weighted by Crippen LogP contribution is -2.56. The van der Waals surface area contributed by atoms with Crippen LogP contribution in [0.5, 0.6) is 11.5 Å². The predicted molar refractivity (Wildman–Crippen MR) is 80.6 cm³/mol. The fourth-order valence-electron chi connectivity index (χ4n) is 2.84. The molecule has 0 bridgehead atoms. The minimum absolute atomic E-state index is 0.308. The molecule has 0 aromatic heterocycles. The first kappa shape index (κ1) is 17.2. The quantitative estimate of drug-likeness (QED) is 0.206. The van der Waals surface area contributed by atoms with E-state index in [9.17, 15) is 30.0 Å². The number of aliphatic carboxylic acids is 1. The SMILES string of the molecule is O=C(C=Cc1ccc(O)c(O)c1)OC1CC(O)(C(=O)O)C2OC2C1O. The van der Waals surface area contributed by atoms with Crippen molar-refractivity contribution in [3.63, 3.8) is 0 Å². The number of aromatic hydroxyl groups is 2. The van der Waals surface area contributed by atoms with Gasteiger partial charge >= 0.3 is 11.9 Å². The Labute approximate surface area is 141 Å². The summed E-state index contributed by atoms with van der Waals surface area (Å²) < 4.78 is 10.0. The molecule has 9 nitrogen and oxygen atoms in total. The maximum Gasteiger partial charge on any atom is 0.338 e. The van der Waals surface area contributed by atoms with Gasteiger partial charge in [0.1, 0.15) is 24.4 Å². The maximum atomic E-state index is 11.9. The van der Waals surface area contributed by atoms with Crippen LogP contribution in [0.4, 0.5) is 0 Å². The summed E-state index contributed by atoms with van der Waals surface area (Å²) in [6.07, 6.45) is -2.58. The van der Waals surface area contributed by atoms with Gasteiger partial charge in [0, 0.05) is 12.5 Å². The molecule has 1 saturated heterocycles. The highest BCUT2D eigenvalue weighted by atomic mass is 16.6. The van der Waals surface area contributed by atoms with Gasteiger partial charge in [-0.05, 0) is 23.8 Å². The topological polar surface area (TPSA) is 157 Å². The number of aliphatic hydroxyl groups excluding tert-OH is 1. The van der Waals surface area contributed by atoms with E-state index >= 15 is 0 Å². The number of phenols is 2. The number of carboxylic acid groups (broad SMARTS) is 1. The van der Waals surface area contributed by atoms with Crippen molar-refractivity contribution < 1.29 is 44.6 Å². The third-order valence-corrected chi connectivity index (χ3v) is 4.28. The number of ether oxygens (including phenoxy) is 2. The first-order valence-electron chi connectivity index (χ1n) is 7.42. The molecule has 2 fully saturated rings. The van der Waals surface area contributed by atoms with Crippen molar-refractivity contribution in [3.8, 4) is 11.5 Å². The van der Waals surface area contributed by atoms with Crippen LogP contribution in [0.1, 0.15) is 12.0 Å². The highest BCUT2D eigenvalue weighted by Gasteiger charge is 2.67. The van der Waals surface area contributed by atoms with Gasteiger partial charge in [-0.1, -0.05) is 6.07 Å². The number of hydrogen-bond acceptors (Lipinski definition) is 8. The molecule has 3 rings (SSSR count). The smallest absolute Gasteiger partial charge is 0.338 e. The van der Waals surface area contributed by atoms with E-state index in [0.29, 0.717) is 5.56 Å². The van der Waals surface area contributed by atoms with Crippen molar-refractivity contribution in [1.82, 2.24) is 0 Å². The summed E-state index contributed by atoms with van der Waals surface area (Å²) in [5.41, 5.74) is -1.81. The number of phenolic OH excluding ortho intramolecular Hbond substituents is 2. The van der Waals surface area contributed by atoms with Gasteiger partial charge in [0.2, 0.25) is 0 Å². The fourth-order valence-corrected chi connectivity index (χ4v) is 2.84. The zero-order chi connectivity index (χ0) is 18.4. The Morgan fingerprint density at radius 2 is 2.00 bits per heavy atom. The molecule has 2 aliphatic rings. The number of epoxide rings is 1. The highest BCUT2D eigenvalue weighted by Crippen LogP contribution is 2.44. The third-order valence-electron chi connectivity index (χ3n) is 4.28. The summed E-state index contributed by atoms with van der Waals surface area (Å²) in [4.78, 5) is 23.1. The molecular formula is C16H16O9. The minimum Gasteiger partial charge on any atom is -0.504 e. The van der Waals surface area contributed by atoms with Crippen LogP contribution in [0, 0.1) is 0 Å². The van der Waals surface area contributed by atoms with Crippen LogP contribution < -0.4 is 0 Å². The first-order valence-corrected chi connectivity index (χ1v) is 7.42. The van der Waals surface area contributed by atoms with Crippen LogP contribution in [-0.4, -0.2) is 67.5 Å². The summed E-state index contributed by atoms with van der Waals surface area (Å²) in [6, 6.07) is 3.91. The van der Waals surface area contributed by atoms with E-state index in [-0.39, 0.29) is 11.5 Å². The third kappa shape index (κ3) is 3.16. The van der Waals surface area contributed by atoms with Crippen LogP contribution in [0.25, 0.3) is 6.08 Å². The first-order chi connectivity index (χ1) is 11.7. The Kier molecular flexibility index (Phi) is 4.15. The standard InChI is InChI=1S/C16H16O9/c17-8-3-1-7(5-9(8)18)2-4-11(19)24-10-6-16(23,15(21)22)14-13(25-14)12(10)20/h1-5,10,12-14,17-18,20,23H,6H2,(H,21,22). The number of carbonyl (C=O) groups excluding carboxylic acids is 1. The van der Waals surface area contributed by atoms with Crippen molar-refractivity contribution in [2.45, 2.75) is 36.4 Å². The van der Waals surface area contributed by atoms with Crippen molar-refractivity contribution in [1.29, 1.82) is 0 Å². The van der Waals surface area contributed by atoms with E-state index in [4.69, 9.17) is 14.6 Å². The zero-order valence-electron chi connectivity index (χ0n) is 12.8. The molecule has 1 aromatic carbocycles. The fraction of sp³-hybridized carbons (Fsp3) is 0.375. The molecule has 1 aliphatic carbocycles. The second kappa shape index (κ2) is 6.03. The average molecular weight is 352 g/mol. The van der Waals surface area contributed by atoms with Crippen LogP contribution in [0.2, 0.25) is 0 Å². The van der Waals surface area contributed by atoms with E-state index in [1.54, 1.807) is 0 Å². The van der Waals surface area contributed by atoms with Crippen molar-refractivity contribution in [2.75, 3.05) is 0 Å². The molecule has 0 spiro atoms. The number of fused-ring (bicyclic) bond motifs is 1. The van der Waals surface area contributed by atoms with Gasteiger partial charge in [0.05, 0.1) is 0 Å². The number of carboxylic acids is 1. The summed E-state index contributed by atoms with van der Waals surface area (Å²) >= 11 is 0. The van der Waals surface area contributed by atoms with Gasteiger partial charge < -0.3 is 35.0 Å². The predicted octanol–water partition coefficient (Wildman–Crippen LogP) is -0.630. The number of rotatable bonds is 4. The summed E-state index contributed by atoms with van der Waals surface area (Å²) in [5.74, 6) is -3.05. The normalized spacial score (nSPS) is 33.7. The molecule has 25 heavy (non-hydrogen) atoms. The number of esters is 1. The van der Waals surface area contributed by atoms with Gasteiger partial charge in [-0.2, -0.15) is 0 Å². The van der Waals surface area contributed by atoms with Gasteiger partial charge in [0.15, 0.2) is 17.1 Å². The van der Waals surface area contributed by atoms with Gasteiger partial charge in [-0.15, -0.1) is 0 Å². The number of benzene rings is 1. The molecule has 1 aromatic rings. The molecule has 1 saturated carbocycles. The monoisotopic (exact) mass is 352 g/mol. The second-order valence-electron chi connectivity index (χ2n) is 6.00. The molecule has 0 radical (unpaired) electrons. The Bertz CT molecular complexity index is 743. The van der Waals surface area contributed by atoms with Gasteiger partial charge in [-0.3, -0.25) is 0 Å². The van der Waals surface area contributed by atoms with Crippen LogP contribution >= 0.6 is 0 Å². The van der Waals surface area contributed by atoms with Crippen molar-refractivity contribution >= 4 is 18.0 Å². The number of aliphatic hydroxyl groups is 2. The lowest BCUT2D eigenvalue weighted by molar-refractivity contribution is -0.176. The van der Waals surface area contributed by atoms with E-state index < -0.39 is 48.4 Å². The lowest BCUT2D eigenvalue weighted by atomic mass is 9.81. The Hall–Kier alpha value is -2.62. The Morgan fingerprint density at radius 1 is 1.28 bits per heavy atom. The molecule has 0 amide bonds. The Morgan fingerprint density at radius 3 is 2.64 bits per heavy atom. The largest absolute Gasteiger partial charge is 0.504 e. The van der Waals surface area contributed by atoms with E-state index in [2.05, 4.69) is 0 Å². The molecule has 5 N–H and O–H groups in total. The number of hydrogen-bond donors (Lipinski definition) is 5.